The van der Waals surface area contributed by atoms with Crippen molar-refractivity contribution in [3.05, 3.63) is 95.1 Å². The molecule has 0 spiro atoms. The molecule has 0 radical (unpaired) electrons. The third-order valence-electron chi connectivity index (χ3n) is 7.26. The summed E-state index contributed by atoms with van der Waals surface area (Å²) in [5.74, 6) is 1.65. The zero-order chi connectivity index (χ0) is 27.4. The van der Waals surface area contributed by atoms with E-state index in [1.165, 1.54) is 11.1 Å². The predicted molar refractivity (Wildman–Crippen MR) is 159 cm³/mol. The molecule has 2 aromatic rings. The monoisotopic (exact) mass is 501 g/mol. The molecule has 2 rings (SSSR count). The summed E-state index contributed by atoms with van der Waals surface area (Å²) < 4.78 is 6.07. The van der Waals surface area contributed by atoms with Gasteiger partial charge in [-0.15, -0.1) is 0 Å². The van der Waals surface area contributed by atoms with Crippen molar-refractivity contribution in [3.8, 4) is 11.5 Å². The number of allylic oxidation sites excluding steroid dienone is 5. The first kappa shape index (κ1) is 30.2. The molecule has 0 saturated carbocycles. The maximum Gasteiger partial charge on any atom is 0.119 e. The number of aromatic hydroxyl groups is 1. The van der Waals surface area contributed by atoms with Crippen molar-refractivity contribution in [3.63, 3.8) is 0 Å². The van der Waals surface area contributed by atoms with E-state index >= 15 is 0 Å². The Hall–Kier alpha value is -3.07. The minimum absolute atomic E-state index is 0.161. The maximum atomic E-state index is 9.60. The molecule has 0 aliphatic heterocycles. The second-order valence-corrected chi connectivity index (χ2v) is 10.8. The fourth-order valence-electron chi connectivity index (χ4n) is 4.57. The van der Waals surface area contributed by atoms with Gasteiger partial charge >= 0.3 is 0 Å². The van der Waals surface area contributed by atoms with Crippen LogP contribution in [0.5, 0.6) is 11.5 Å². The Morgan fingerprint density at radius 3 is 2.11 bits per heavy atom. The van der Waals surface area contributed by atoms with Crippen molar-refractivity contribution >= 4 is 5.71 Å². The van der Waals surface area contributed by atoms with Gasteiger partial charge in [0.2, 0.25) is 0 Å². The van der Waals surface area contributed by atoms with Gasteiger partial charge in [-0.2, -0.15) is 0 Å². The molecule has 200 valence electrons. The third kappa shape index (κ3) is 9.39. The first-order chi connectivity index (χ1) is 17.6. The molecule has 0 aliphatic rings. The van der Waals surface area contributed by atoms with Crippen LogP contribution in [0.4, 0.5) is 0 Å². The van der Waals surface area contributed by atoms with Crippen LogP contribution in [0, 0.1) is 11.3 Å². The van der Waals surface area contributed by atoms with Gasteiger partial charge in [0, 0.05) is 11.1 Å². The minimum atomic E-state index is -0.161. The SMILES string of the molecule is C=C(C)/C(=C\C=C(/C)CC)C(=N)C[C@@H](CCC)CCCOc1ccc(C(C)(C)c2ccc(O)cc2)cc1. The highest BCUT2D eigenvalue weighted by atomic mass is 16.5. The lowest BCUT2D eigenvalue weighted by Crippen LogP contribution is -2.18. The molecule has 0 saturated heterocycles. The minimum Gasteiger partial charge on any atom is -0.508 e. The highest BCUT2D eigenvalue weighted by Crippen LogP contribution is 2.33. The quantitative estimate of drug-likeness (QED) is 0.145. The summed E-state index contributed by atoms with van der Waals surface area (Å²) >= 11 is 0. The smallest absolute Gasteiger partial charge is 0.119 e. The number of hydrogen-bond acceptors (Lipinski definition) is 3. The number of phenols is 1. The van der Waals surface area contributed by atoms with Crippen molar-refractivity contribution in [2.75, 3.05) is 6.61 Å². The Kier molecular flexibility index (Phi) is 11.9. The molecule has 0 fully saturated rings. The molecule has 0 aliphatic carbocycles. The Balaban J connectivity index is 1.92. The van der Waals surface area contributed by atoms with Crippen LogP contribution in [0.15, 0.2) is 84.0 Å². The molecule has 0 unspecified atom stereocenters. The van der Waals surface area contributed by atoms with Gasteiger partial charge in [0.25, 0.3) is 0 Å². The zero-order valence-corrected chi connectivity index (χ0v) is 23.9. The van der Waals surface area contributed by atoms with E-state index in [4.69, 9.17) is 10.1 Å². The van der Waals surface area contributed by atoms with E-state index in [9.17, 15) is 5.11 Å². The van der Waals surface area contributed by atoms with E-state index in [2.05, 4.69) is 65.5 Å². The van der Waals surface area contributed by atoms with E-state index in [0.29, 0.717) is 18.2 Å². The number of nitrogens with one attached hydrogen (secondary N) is 1. The second-order valence-electron chi connectivity index (χ2n) is 10.8. The van der Waals surface area contributed by atoms with Crippen LogP contribution in [-0.2, 0) is 5.41 Å². The van der Waals surface area contributed by atoms with Gasteiger partial charge in [-0.3, -0.25) is 0 Å². The lowest BCUT2D eigenvalue weighted by Gasteiger charge is -2.26. The zero-order valence-electron chi connectivity index (χ0n) is 23.9. The Bertz CT molecular complexity index is 1070. The Labute approximate surface area is 225 Å². The van der Waals surface area contributed by atoms with E-state index in [1.54, 1.807) is 12.1 Å². The maximum absolute atomic E-state index is 9.60. The number of rotatable bonds is 15. The van der Waals surface area contributed by atoms with E-state index in [-0.39, 0.29) is 11.2 Å². The van der Waals surface area contributed by atoms with Gasteiger partial charge < -0.3 is 15.3 Å². The van der Waals surface area contributed by atoms with Gasteiger partial charge in [-0.05, 0) is 92.0 Å². The van der Waals surface area contributed by atoms with Gasteiger partial charge in [-0.1, -0.05) is 89.1 Å². The fourth-order valence-corrected chi connectivity index (χ4v) is 4.57. The van der Waals surface area contributed by atoms with Crippen LogP contribution in [0.3, 0.4) is 0 Å². The summed E-state index contributed by atoms with van der Waals surface area (Å²) in [6.07, 6.45) is 10.3. The molecule has 2 aromatic carbocycles. The van der Waals surface area contributed by atoms with Crippen molar-refractivity contribution < 1.29 is 9.84 Å². The first-order valence-electron chi connectivity index (χ1n) is 13.7. The van der Waals surface area contributed by atoms with Crippen LogP contribution in [0.2, 0.25) is 0 Å². The van der Waals surface area contributed by atoms with Crippen molar-refractivity contribution in [2.24, 2.45) is 5.92 Å². The molecule has 0 heterocycles. The van der Waals surface area contributed by atoms with Crippen molar-refractivity contribution in [2.45, 2.75) is 85.5 Å². The number of phenolic OH excluding ortho intramolecular Hbond substituents is 1. The van der Waals surface area contributed by atoms with E-state index in [0.717, 1.165) is 61.0 Å². The molecule has 0 bridgehead atoms. The standard InChI is InChI=1S/C34H47NO2/c1-8-11-27(24-33(35)32(25(3)4)22-13-26(5)9-2)12-10-23-37-31-20-16-29(17-21-31)34(6,7)28-14-18-30(36)19-15-28/h13-22,27,35-36H,3,8-12,23-24H2,1-2,4-7H3/b26-13+,32-22+,35-33?/t27-/m0/s1. The molecular formula is C34H47NO2. The lowest BCUT2D eigenvalue weighted by molar-refractivity contribution is 0.289. The summed E-state index contributed by atoms with van der Waals surface area (Å²) in [6.45, 7) is 17.7. The average Bonchev–Trinajstić information content (AvgIpc) is 2.87. The lowest BCUT2D eigenvalue weighted by atomic mass is 9.78. The molecule has 0 amide bonds. The molecule has 1 atom stereocenters. The Morgan fingerprint density at radius 1 is 0.973 bits per heavy atom. The van der Waals surface area contributed by atoms with E-state index in [1.807, 2.05) is 31.2 Å². The van der Waals surface area contributed by atoms with E-state index < -0.39 is 0 Å². The first-order valence-corrected chi connectivity index (χ1v) is 13.7. The molecular weight excluding hydrogens is 454 g/mol. The highest BCUT2D eigenvalue weighted by Gasteiger charge is 2.23. The van der Waals surface area contributed by atoms with Crippen molar-refractivity contribution in [1.82, 2.24) is 0 Å². The van der Waals surface area contributed by atoms with Crippen LogP contribution < -0.4 is 4.74 Å². The van der Waals surface area contributed by atoms with Gasteiger partial charge in [0.1, 0.15) is 11.5 Å². The highest BCUT2D eigenvalue weighted by molar-refractivity contribution is 6.01. The molecule has 2 N–H and O–H groups in total. The summed E-state index contributed by atoms with van der Waals surface area (Å²) in [6, 6.07) is 15.8. The third-order valence-corrected chi connectivity index (χ3v) is 7.26. The van der Waals surface area contributed by atoms with Gasteiger partial charge in [0.05, 0.1) is 6.61 Å². The topological polar surface area (TPSA) is 53.3 Å². The van der Waals surface area contributed by atoms with Crippen LogP contribution in [0.25, 0.3) is 0 Å². The van der Waals surface area contributed by atoms with Gasteiger partial charge in [0.15, 0.2) is 0 Å². The molecule has 0 aromatic heterocycles. The van der Waals surface area contributed by atoms with Crippen LogP contribution in [-0.4, -0.2) is 17.4 Å². The number of hydrogen-bond donors (Lipinski definition) is 2. The Morgan fingerprint density at radius 2 is 1.57 bits per heavy atom. The summed E-state index contributed by atoms with van der Waals surface area (Å²) in [4.78, 5) is 0. The molecule has 3 heteroatoms. The fraction of sp³-hybridized carbons (Fsp3) is 0.441. The summed E-state index contributed by atoms with van der Waals surface area (Å²) in [5, 5.41) is 18.3. The largest absolute Gasteiger partial charge is 0.508 e. The summed E-state index contributed by atoms with van der Waals surface area (Å²) in [5.41, 5.74) is 6.14. The van der Waals surface area contributed by atoms with Crippen molar-refractivity contribution in [1.29, 1.82) is 5.41 Å². The number of benzene rings is 2. The van der Waals surface area contributed by atoms with Gasteiger partial charge in [-0.25, -0.2) is 0 Å². The number of ether oxygens (including phenoxy) is 1. The second kappa shape index (κ2) is 14.6. The predicted octanol–water partition coefficient (Wildman–Crippen LogP) is 9.56. The molecule has 37 heavy (non-hydrogen) atoms. The summed E-state index contributed by atoms with van der Waals surface area (Å²) in [7, 11) is 0. The molecule has 3 nitrogen and oxygen atoms in total. The average molecular weight is 502 g/mol. The van der Waals surface area contributed by atoms with Crippen LogP contribution >= 0.6 is 0 Å². The normalized spacial score (nSPS) is 13.4. The van der Waals surface area contributed by atoms with Crippen LogP contribution in [0.1, 0.15) is 91.2 Å².